The van der Waals surface area contributed by atoms with Gasteiger partial charge in [0.1, 0.15) is 10.6 Å². The lowest BCUT2D eigenvalue weighted by atomic mass is 10.3. The average Bonchev–Trinajstić information content (AvgIpc) is 2.70. The molecule has 2 amide bonds. The summed E-state index contributed by atoms with van der Waals surface area (Å²) >= 11 is 6.05. The van der Waals surface area contributed by atoms with E-state index in [-0.39, 0.29) is 27.0 Å². The molecule has 0 radical (unpaired) electrons. The highest BCUT2D eigenvalue weighted by molar-refractivity contribution is 7.92. The number of rotatable bonds is 6. The molecule has 0 atom stereocenters. The highest BCUT2D eigenvalue weighted by Gasteiger charge is 2.21. The van der Waals surface area contributed by atoms with Crippen LogP contribution in [-0.2, 0) is 10.0 Å². The van der Waals surface area contributed by atoms with Crippen LogP contribution in [-0.4, -0.2) is 21.6 Å². The summed E-state index contributed by atoms with van der Waals surface area (Å²) in [5, 5.41) is 5.52. The number of hydrogen-bond donors (Lipinski definition) is 3. The maximum absolute atomic E-state index is 12.9. The third-order valence-corrected chi connectivity index (χ3v) is 5.58. The SMILES string of the molecule is COc1ccc(NC(=O)Nc2ccccc2)cc1S(=O)(=O)Nc1ccccc1Cl. The summed E-state index contributed by atoms with van der Waals surface area (Å²) in [4.78, 5) is 12.1. The van der Waals surface area contributed by atoms with E-state index in [2.05, 4.69) is 15.4 Å². The van der Waals surface area contributed by atoms with Gasteiger partial charge in [0.25, 0.3) is 10.0 Å². The Balaban J connectivity index is 1.85. The van der Waals surface area contributed by atoms with Crippen LogP contribution in [0.5, 0.6) is 5.75 Å². The van der Waals surface area contributed by atoms with Gasteiger partial charge in [0.2, 0.25) is 0 Å². The van der Waals surface area contributed by atoms with E-state index in [1.165, 1.54) is 25.3 Å². The Hall–Kier alpha value is -3.23. The molecule has 0 bridgehead atoms. The number of carbonyl (C=O) groups excluding carboxylic acids is 1. The Kier molecular flexibility index (Phi) is 6.26. The Morgan fingerprint density at radius 2 is 1.55 bits per heavy atom. The molecule has 0 saturated carbocycles. The van der Waals surface area contributed by atoms with E-state index in [0.29, 0.717) is 5.69 Å². The minimum absolute atomic E-state index is 0.124. The second-order valence-electron chi connectivity index (χ2n) is 5.90. The van der Waals surface area contributed by atoms with Crippen molar-refractivity contribution in [3.8, 4) is 5.75 Å². The highest BCUT2D eigenvalue weighted by atomic mass is 35.5. The number of urea groups is 1. The number of sulfonamides is 1. The van der Waals surface area contributed by atoms with E-state index < -0.39 is 16.1 Å². The monoisotopic (exact) mass is 431 g/mol. The first kappa shape index (κ1) is 20.5. The van der Waals surface area contributed by atoms with Crippen LogP contribution in [0, 0.1) is 0 Å². The molecule has 3 N–H and O–H groups in total. The molecular formula is C20H18ClN3O4S. The number of para-hydroxylation sites is 2. The van der Waals surface area contributed by atoms with E-state index >= 15 is 0 Å². The number of halogens is 1. The van der Waals surface area contributed by atoms with Crippen LogP contribution in [0.3, 0.4) is 0 Å². The molecule has 0 saturated heterocycles. The van der Waals surface area contributed by atoms with Crippen molar-refractivity contribution in [3.63, 3.8) is 0 Å². The lowest BCUT2D eigenvalue weighted by Gasteiger charge is -2.14. The summed E-state index contributed by atoms with van der Waals surface area (Å²) in [5.41, 5.74) is 1.11. The van der Waals surface area contributed by atoms with Crippen LogP contribution in [0.15, 0.2) is 77.7 Å². The topological polar surface area (TPSA) is 96.5 Å². The van der Waals surface area contributed by atoms with Gasteiger partial charge in [-0.3, -0.25) is 4.72 Å². The second kappa shape index (κ2) is 8.85. The number of hydrogen-bond acceptors (Lipinski definition) is 4. The molecule has 0 unspecified atom stereocenters. The number of ether oxygens (including phenoxy) is 1. The molecule has 3 aromatic rings. The van der Waals surface area contributed by atoms with Crippen molar-refractivity contribution in [3.05, 3.63) is 77.8 Å². The first-order chi connectivity index (χ1) is 13.9. The van der Waals surface area contributed by atoms with E-state index in [1.54, 1.807) is 48.5 Å². The van der Waals surface area contributed by atoms with Gasteiger partial charge in [0, 0.05) is 11.4 Å². The van der Waals surface area contributed by atoms with Gasteiger partial charge in [-0.15, -0.1) is 0 Å². The van der Waals surface area contributed by atoms with Crippen LogP contribution in [0.2, 0.25) is 5.02 Å². The maximum Gasteiger partial charge on any atom is 0.323 e. The van der Waals surface area contributed by atoms with Crippen molar-refractivity contribution in [2.75, 3.05) is 22.5 Å². The van der Waals surface area contributed by atoms with Crippen molar-refractivity contribution in [2.45, 2.75) is 4.90 Å². The molecule has 3 aromatic carbocycles. The normalized spacial score (nSPS) is 10.8. The second-order valence-corrected chi connectivity index (χ2v) is 7.95. The minimum Gasteiger partial charge on any atom is -0.495 e. The smallest absolute Gasteiger partial charge is 0.323 e. The summed E-state index contributed by atoms with van der Waals surface area (Å²) in [6.45, 7) is 0. The van der Waals surface area contributed by atoms with Crippen LogP contribution in [0.4, 0.5) is 21.9 Å². The van der Waals surface area contributed by atoms with Crippen LogP contribution in [0.25, 0.3) is 0 Å². The fourth-order valence-electron chi connectivity index (χ4n) is 2.52. The first-order valence-corrected chi connectivity index (χ1v) is 10.3. The highest BCUT2D eigenvalue weighted by Crippen LogP contribution is 2.30. The van der Waals surface area contributed by atoms with Gasteiger partial charge < -0.3 is 15.4 Å². The number of nitrogens with one attached hydrogen (secondary N) is 3. The zero-order valence-corrected chi connectivity index (χ0v) is 16.9. The molecule has 9 heteroatoms. The quantitative estimate of drug-likeness (QED) is 0.522. The summed E-state index contributed by atoms with van der Waals surface area (Å²) in [6, 6.07) is 19.1. The number of benzene rings is 3. The van der Waals surface area contributed by atoms with E-state index in [0.717, 1.165) is 0 Å². The first-order valence-electron chi connectivity index (χ1n) is 8.47. The van der Waals surface area contributed by atoms with Gasteiger partial charge in [0.05, 0.1) is 17.8 Å². The number of anilines is 3. The summed E-state index contributed by atoms with van der Waals surface area (Å²) < 4.78 is 33.4. The van der Waals surface area contributed by atoms with Crippen LogP contribution >= 0.6 is 11.6 Å². The molecule has 29 heavy (non-hydrogen) atoms. The summed E-state index contributed by atoms with van der Waals surface area (Å²) in [7, 11) is -2.67. The zero-order valence-electron chi connectivity index (χ0n) is 15.3. The van der Waals surface area contributed by atoms with E-state index in [1.807, 2.05) is 6.07 Å². The average molecular weight is 432 g/mol. The molecule has 0 aromatic heterocycles. The summed E-state index contributed by atoms with van der Waals surface area (Å²) in [6.07, 6.45) is 0. The van der Waals surface area contributed by atoms with Crippen molar-refractivity contribution in [2.24, 2.45) is 0 Å². The van der Waals surface area contributed by atoms with Gasteiger partial charge in [-0.2, -0.15) is 0 Å². The molecule has 0 heterocycles. The molecule has 0 aliphatic carbocycles. The minimum atomic E-state index is -4.03. The van der Waals surface area contributed by atoms with Gasteiger partial charge >= 0.3 is 6.03 Å². The standard InChI is InChI=1S/C20H18ClN3O4S/c1-28-18-12-11-15(23-20(25)22-14-7-3-2-4-8-14)13-19(18)29(26,27)24-17-10-6-5-9-16(17)21/h2-13,24H,1H3,(H2,22,23,25). The van der Waals surface area contributed by atoms with Gasteiger partial charge in [-0.1, -0.05) is 41.9 Å². The maximum atomic E-state index is 12.9. The lowest BCUT2D eigenvalue weighted by Crippen LogP contribution is -2.20. The van der Waals surface area contributed by atoms with Crippen molar-refractivity contribution < 1.29 is 17.9 Å². The van der Waals surface area contributed by atoms with Gasteiger partial charge in [-0.05, 0) is 42.5 Å². The van der Waals surface area contributed by atoms with Crippen molar-refractivity contribution in [1.82, 2.24) is 0 Å². The molecule has 3 rings (SSSR count). The van der Waals surface area contributed by atoms with Crippen LogP contribution < -0.4 is 20.1 Å². The number of carbonyl (C=O) groups is 1. The van der Waals surface area contributed by atoms with Gasteiger partial charge in [-0.25, -0.2) is 13.2 Å². The number of amides is 2. The largest absolute Gasteiger partial charge is 0.495 e. The molecule has 150 valence electrons. The molecule has 0 spiro atoms. The third kappa shape index (κ3) is 5.18. The Morgan fingerprint density at radius 1 is 0.897 bits per heavy atom. The third-order valence-electron chi connectivity index (χ3n) is 3.86. The van der Waals surface area contributed by atoms with Crippen molar-refractivity contribution >= 4 is 44.7 Å². The Labute approximate surface area is 173 Å². The van der Waals surface area contributed by atoms with Crippen LogP contribution in [0.1, 0.15) is 0 Å². The predicted octanol–water partition coefficient (Wildman–Crippen LogP) is 4.79. The summed E-state index contributed by atoms with van der Waals surface area (Å²) in [5.74, 6) is 0.124. The molecule has 0 aliphatic heterocycles. The van der Waals surface area contributed by atoms with E-state index in [4.69, 9.17) is 16.3 Å². The van der Waals surface area contributed by atoms with Gasteiger partial charge in [0.15, 0.2) is 0 Å². The fraction of sp³-hybridized carbons (Fsp3) is 0.0500. The molecular weight excluding hydrogens is 414 g/mol. The Morgan fingerprint density at radius 3 is 2.24 bits per heavy atom. The Bertz CT molecular complexity index is 1120. The van der Waals surface area contributed by atoms with E-state index in [9.17, 15) is 13.2 Å². The fourth-order valence-corrected chi connectivity index (χ4v) is 4.04. The van der Waals surface area contributed by atoms with Crippen molar-refractivity contribution in [1.29, 1.82) is 0 Å². The predicted molar refractivity (Wildman–Crippen MR) is 114 cm³/mol. The number of methoxy groups -OCH3 is 1. The molecule has 0 aliphatic rings. The molecule has 7 nitrogen and oxygen atoms in total. The zero-order chi connectivity index (χ0) is 20.9. The molecule has 0 fully saturated rings. The lowest BCUT2D eigenvalue weighted by molar-refractivity contribution is 0.262.